The highest BCUT2D eigenvalue weighted by Gasteiger charge is 2.40. The minimum absolute atomic E-state index is 0.0941. The molecule has 1 fully saturated rings. The first-order valence-corrected chi connectivity index (χ1v) is 7.59. The lowest BCUT2D eigenvalue weighted by molar-refractivity contribution is 0.241. The van der Waals surface area contributed by atoms with Crippen molar-refractivity contribution in [2.75, 3.05) is 12.8 Å². The Balaban J connectivity index is 2.63. The van der Waals surface area contributed by atoms with E-state index in [4.69, 9.17) is 5.73 Å². The first-order chi connectivity index (χ1) is 8.30. The number of sulfone groups is 1. The molecule has 0 bridgehead atoms. The lowest BCUT2D eigenvalue weighted by Crippen LogP contribution is -2.42. The smallest absolute Gasteiger partial charge is 0.175 e. The fraction of sp³-hybridized carbons (Fsp3) is 0.500. The van der Waals surface area contributed by atoms with Gasteiger partial charge in [-0.3, -0.25) is 0 Å². The molecule has 0 aliphatic heterocycles. The number of halogens is 2. The summed E-state index contributed by atoms with van der Waals surface area (Å²) in [5.41, 5.74) is 5.13. The van der Waals surface area contributed by atoms with Crippen molar-refractivity contribution >= 4 is 9.84 Å². The second-order valence-electron chi connectivity index (χ2n) is 4.88. The van der Waals surface area contributed by atoms with Crippen molar-refractivity contribution in [3.63, 3.8) is 0 Å². The van der Waals surface area contributed by atoms with Gasteiger partial charge in [0, 0.05) is 18.2 Å². The third-order valence-corrected chi connectivity index (χ3v) is 4.79. The molecule has 1 aromatic carbocycles. The average Bonchev–Trinajstić information content (AvgIpc) is 2.21. The van der Waals surface area contributed by atoms with Crippen LogP contribution in [0.3, 0.4) is 0 Å². The van der Waals surface area contributed by atoms with Crippen molar-refractivity contribution in [1.82, 2.24) is 0 Å². The van der Waals surface area contributed by atoms with Crippen LogP contribution in [0.15, 0.2) is 17.0 Å². The molecule has 18 heavy (non-hydrogen) atoms. The molecule has 1 aliphatic carbocycles. The zero-order chi connectivity index (χ0) is 13.6. The Morgan fingerprint density at radius 2 is 1.94 bits per heavy atom. The maximum Gasteiger partial charge on any atom is 0.175 e. The predicted octanol–water partition coefficient (Wildman–Crippen LogP) is 1.75. The Morgan fingerprint density at radius 1 is 1.33 bits per heavy atom. The highest BCUT2D eigenvalue weighted by atomic mass is 32.2. The summed E-state index contributed by atoms with van der Waals surface area (Å²) in [7, 11) is -3.56. The van der Waals surface area contributed by atoms with Crippen LogP contribution in [0.5, 0.6) is 0 Å². The van der Waals surface area contributed by atoms with Crippen molar-refractivity contribution in [2.45, 2.75) is 29.6 Å². The maximum absolute atomic E-state index is 13.8. The van der Waals surface area contributed by atoms with E-state index in [0.29, 0.717) is 12.8 Å². The molecular formula is C12H15F2NO2S. The molecule has 0 amide bonds. The van der Waals surface area contributed by atoms with Crippen LogP contribution < -0.4 is 5.73 Å². The zero-order valence-electron chi connectivity index (χ0n) is 10.0. The van der Waals surface area contributed by atoms with Crippen LogP contribution in [0.2, 0.25) is 0 Å². The quantitative estimate of drug-likeness (QED) is 0.855. The van der Waals surface area contributed by atoms with Gasteiger partial charge >= 0.3 is 0 Å². The molecule has 2 N–H and O–H groups in total. The van der Waals surface area contributed by atoms with E-state index in [1.807, 2.05) is 0 Å². The van der Waals surface area contributed by atoms with Crippen LogP contribution in [-0.2, 0) is 15.3 Å². The Bertz CT molecular complexity index is 574. The van der Waals surface area contributed by atoms with Crippen molar-refractivity contribution in [1.29, 1.82) is 0 Å². The number of hydrogen-bond donors (Lipinski definition) is 1. The highest BCUT2D eigenvalue weighted by Crippen LogP contribution is 2.44. The summed E-state index contributed by atoms with van der Waals surface area (Å²) in [6.45, 7) is 0.191. The molecule has 1 aromatic rings. The summed E-state index contributed by atoms with van der Waals surface area (Å²) in [6, 6.07) is 1.94. The zero-order valence-corrected chi connectivity index (χ0v) is 10.9. The van der Waals surface area contributed by atoms with Gasteiger partial charge in [-0.1, -0.05) is 6.42 Å². The van der Waals surface area contributed by atoms with E-state index in [9.17, 15) is 17.2 Å². The Labute approximate surface area is 105 Å². The second-order valence-corrected chi connectivity index (χ2v) is 6.89. The molecule has 0 radical (unpaired) electrons. The number of hydrogen-bond acceptors (Lipinski definition) is 3. The van der Waals surface area contributed by atoms with E-state index in [0.717, 1.165) is 18.7 Å². The summed E-state index contributed by atoms with van der Waals surface area (Å²) in [4.78, 5) is -0.198. The van der Waals surface area contributed by atoms with E-state index >= 15 is 0 Å². The number of nitrogens with two attached hydrogens (primary N) is 1. The Hall–Kier alpha value is -1.01. The summed E-state index contributed by atoms with van der Waals surface area (Å²) in [6.07, 6.45) is 3.18. The van der Waals surface area contributed by atoms with Gasteiger partial charge in [-0.05, 0) is 30.5 Å². The summed E-state index contributed by atoms with van der Waals surface area (Å²) < 4.78 is 50.3. The predicted molar refractivity (Wildman–Crippen MR) is 64.1 cm³/mol. The largest absolute Gasteiger partial charge is 0.330 e. The van der Waals surface area contributed by atoms with Crippen LogP contribution in [-0.4, -0.2) is 21.2 Å². The fourth-order valence-electron chi connectivity index (χ4n) is 2.35. The van der Waals surface area contributed by atoms with Gasteiger partial charge in [-0.25, -0.2) is 17.2 Å². The van der Waals surface area contributed by atoms with E-state index in [1.54, 1.807) is 0 Å². The molecule has 1 saturated carbocycles. The summed E-state index contributed by atoms with van der Waals surface area (Å²) in [5, 5.41) is 0. The average molecular weight is 275 g/mol. The molecule has 100 valence electrons. The normalized spacial score (nSPS) is 18.4. The molecule has 0 aromatic heterocycles. The summed E-state index contributed by atoms with van der Waals surface area (Å²) in [5.74, 6) is -2.11. The fourth-order valence-corrected chi connectivity index (χ4v) is 3.00. The second kappa shape index (κ2) is 4.28. The molecule has 0 saturated heterocycles. The van der Waals surface area contributed by atoms with Crippen LogP contribution in [0.4, 0.5) is 8.78 Å². The topological polar surface area (TPSA) is 60.2 Å². The van der Waals surface area contributed by atoms with E-state index in [1.165, 1.54) is 6.07 Å². The molecule has 6 heteroatoms. The SMILES string of the molecule is CS(=O)(=O)c1cc(F)c(F)c(C2(CN)CCC2)c1. The minimum Gasteiger partial charge on any atom is -0.330 e. The van der Waals surface area contributed by atoms with Crippen LogP contribution in [0.1, 0.15) is 24.8 Å². The lowest BCUT2D eigenvalue weighted by atomic mass is 9.64. The van der Waals surface area contributed by atoms with Gasteiger partial charge in [0.25, 0.3) is 0 Å². The van der Waals surface area contributed by atoms with Gasteiger partial charge in [0.1, 0.15) is 0 Å². The van der Waals surface area contributed by atoms with Gasteiger partial charge < -0.3 is 5.73 Å². The Morgan fingerprint density at radius 3 is 2.33 bits per heavy atom. The molecule has 0 spiro atoms. The standard InChI is InChI=1S/C12H15F2NO2S/c1-18(16,17)8-5-9(11(14)10(13)6-8)12(7-15)3-2-4-12/h5-6H,2-4,7,15H2,1H3. The monoisotopic (exact) mass is 275 g/mol. The van der Waals surface area contributed by atoms with Crippen LogP contribution in [0, 0.1) is 11.6 Å². The number of rotatable bonds is 3. The van der Waals surface area contributed by atoms with Gasteiger partial charge in [0.05, 0.1) is 4.90 Å². The lowest BCUT2D eigenvalue weighted by Gasteiger charge is -2.41. The van der Waals surface area contributed by atoms with E-state index in [2.05, 4.69) is 0 Å². The van der Waals surface area contributed by atoms with Crippen LogP contribution >= 0.6 is 0 Å². The molecule has 2 rings (SSSR count). The van der Waals surface area contributed by atoms with Crippen molar-refractivity contribution in [3.05, 3.63) is 29.3 Å². The van der Waals surface area contributed by atoms with E-state index in [-0.39, 0.29) is 17.0 Å². The molecule has 0 atom stereocenters. The van der Waals surface area contributed by atoms with Gasteiger partial charge in [0.2, 0.25) is 0 Å². The number of benzene rings is 1. The third-order valence-electron chi connectivity index (χ3n) is 3.70. The van der Waals surface area contributed by atoms with Crippen molar-refractivity contribution in [3.8, 4) is 0 Å². The van der Waals surface area contributed by atoms with Crippen LogP contribution in [0.25, 0.3) is 0 Å². The van der Waals surface area contributed by atoms with Crippen molar-refractivity contribution < 1.29 is 17.2 Å². The first kappa shape index (κ1) is 13.4. The third kappa shape index (κ3) is 2.03. The maximum atomic E-state index is 13.8. The molecule has 1 aliphatic rings. The van der Waals surface area contributed by atoms with E-state index < -0.39 is 26.9 Å². The Kier molecular flexibility index (Phi) is 3.19. The minimum atomic E-state index is -3.56. The molecule has 0 unspecified atom stereocenters. The van der Waals surface area contributed by atoms with Gasteiger partial charge in [0.15, 0.2) is 21.5 Å². The van der Waals surface area contributed by atoms with Crippen molar-refractivity contribution in [2.24, 2.45) is 5.73 Å². The molecule has 3 nitrogen and oxygen atoms in total. The van der Waals surface area contributed by atoms with Gasteiger partial charge in [-0.15, -0.1) is 0 Å². The molecular weight excluding hydrogens is 260 g/mol. The highest BCUT2D eigenvalue weighted by molar-refractivity contribution is 7.90. The van der Waals surface area contributed by atoms with Gasteiger partial charge in [-0.2, -0.15) is 0 Å². The summed E-state index contributed by atoms with van der Waals surface area (Å²) >= 11 is 0. The first-order valence-electron chi connectivity index (χ1n) is 5.70. The molecule has 0 heterocycles.